The Hall–Kier alpha value is -6.38. The van der Waals surface area contributed by atoms with Gasteiger partial charge in [0.25, 0.3) is 0 Å². The van der Waals surface area contributed by atoms with Gasteiger partial charge in [0.15, 0.2) is 0 Å². The molecule has 0 fully saturated rings. The lowest BCUT2D eigenvalue weighted by Gasteiger charge is -2.28. The highest BCUT2D eigenvalue weighted by Crippen LogP contribution is 2.42. The van der Waals surface area contributed by atoms with Crippen molar-refractivity contribution in [1.82, 2.24) is 0 Å². The third-order valence-electron chi connectivity index (χ3n) is 10.6. The van der Waals surface area contributed by atoms with Gasteiger partial charge in [-0.3, -0.25) is 0 Å². The Morgan fingerprint density at radius 3 is 2.06 bits per heavy atom. The number of hydrogen-bond acceptors (Lipinski definition) is 2. The molecule has 51 heavy (non-hydrogen) atoms. The highest BCUT2D eigenvalue weighted by Gasteiger charge is 2.20. The van der Waals surface area contributed by atoms with Crippen LogP contribution in [0.5, 0.6) is 0 Å². The van der Waals surface area contributed by atoms with Crippen molar-refractivity contribution in [3.63, 3.8) is 0 Å². The fraction of sp³-hybridized carbons (Fsp3) is 0.0612. The molecular weight excluding hydrogens is 619 g/mol. The van der Waals surface area contributed by atoms with E-state index < -0.39 is 0 Å². The third kappa shape index (κ3) is 5.03. The molecule has 242 valence electrons. The van der Waals surface area contributed by atoms with Gasteiger partial charge in [-0.05, 0) is 81.3 Å². The fourth-order valence-corrected chi connectivity index (χ4v) is 8.16. The SMILES string of the molecule is C1=Cc2cccc(-c3ccc(N(Cc4ccccc4-c4cccc5c4oc4c6ccccc6ccc54)c4cccc5ccccc45)cc3)c2CC1. The predicted octanol–water partition coefficient (Wildman–Crippen LogP) is 13.5. The van der Waals surface area contributed by atoms with Gasteiger partial charge in [0, 0.05) is 45.0 Å². The molecule has 1 aliphatic carbocycles. The highest BCUT2D eigenvalue weighted by atomic mass is 16.3. The summed E-state index contributed by atoms with van der Waals surface area (Å²) >= 11 is 0. The molecule has 0 N–H and O–H groups in total. The Bertz CT molecular complexity index is 2780. The summed E-state index contributed by atoms with van der Waals surface area (Å²) in [5.41, 5.74) is 13.1. The second-order valence-electron chi connectivity index (χ2n) is 13.6. The van der Waals surface area contributed by atoms with Gasteiger partial charge >= 0.3 is 0 Å². The average molecular weight is 654 g/mol. The highest BCUT2D eigenvalue weighted by molar-refractivity contribution is 6.17. The molecule has 0 amide bonds. The van der Waals surface area contributed by atoms with Crippen molar-refractivity contribution in [2.75, 3.05) is 4.90 Å². The molecule has 9 aromatic rings. The van der Waals surface area contributed by atoms with E-state index in [0.29, 0.717) is 6.54 Å². The van der Waals surface area contributed by atoms with E-state index >= 15 is 0 Å². The van der Waals surface area contributed by atoms with Crippen molar-refractivity contribution in [3.05, 3.63) is 187 Å². The second-order valence-corrected chi connectivity index (χ2v) is 13.6. The van der Waals surface area contributed by atoms with Gasteiger partial charge in [-0.15, -0.1) is 0 Å². The zero-order valence-corrected chi connectivity index (χ0v) is 28.2. The van der Waals surface area contributed by atoms with E-state index in [1.165, 1.54) is 55.2 Å². The normalized spacial score (nSPS) is 12.5. The summed E-state index contributed by atoms with van der Waals surface area (Å²) in [5.74, 6) is 0. The molecule has 1 aromatic heterocycles. The first kappa shape index (κ1) is 29.5. The Morgan fingerprint density at radius 1 is 0.490 bits per heavy atom. The van der Waals surface area contributed by atoms with E-state index in [9.17, 15) is 0 Å². The standard InChI is InChI=1S/C49H35NO/c1-5-18-39-33(12-1)16-9-22-40(39)36-26-29-38(30-27-36)50(47-25-10-17-34-13-2-7-20-42(34)47)32-37-15-4-6-19-41(37)44-23-11-24-45-46-31-28-35-14-3-8-21-43(35)48(46)51-49(44)45/h1-4,6-17,19-31H,5,18,32H2. The van der Waals surface area contributed by atoms with Gasteiger partial charge in [-0.1, -0.05) is 152 Å². The second kappa shape index (κ2) is 12.2. The largest absolute Gasteiger partial charge is 0.455 e. The van der Waals surface area contributed by atoms with Crippen LogP contribution >= 0.6 is 0 Å². The van der Waals surface area contributed by atoms with E-state index in [1.54, 1.807) is 0 Å². The summed E-state index contributed by atoms with van der Waals surface area (Å²) in [6.07, 6.45) is 6.72. The third-order valence-corrected chi connectivity index (χ3v) is 10.6. The van der Waals surface area contributed by atoms with Crippen LogP contribution in [-0.4, -0.2) is 0 Å². The first-order valence-corrected chi connectivity index (χ1v) is 17.9. The van der Waals surface area contributed by atoms with Crippen LogP contribution < -0.4 is 4.90 Å². The van der Waals surface area contributed by atoms with Crippen LogP contribution in [0, 0.1) is 0 Å². The van der Waals surface area contributed by atoms with Crippen molar-refractivity contribution >= 4 is 60.9 Å². The lowest BCUT2D eigenvalue weighted by Crippen LogP contribution is -2.17. The van der Waals surface area contributed by atoms with E-state index in [0.717, 1.165) is 51.4 Å². The fourth-order valence-electron chi connectivity index (χ4n) is 8.16. The molecule has 8 aromatic carbocycles. The number of para-hydroxylation sites is 1. The van der Waals surface area contributed by atoms with Crippen molar-refractivity contribution < 1.29 is 4.42 Å². The van der Waals surface area contributed by atoms with Crippen molar-refractivity contribution in [1.29, 1.82) is 0 Å². The van der Waals surface area contributed by atoms with Gasteiger partial charge < -0.3 is 9.32 Å². The van der Waals surface area contributed by atoms with Gasteiger partial charge in [-0.25, -0.2) is 0 Å². The lowest BCUT2D eigenvalue weighted by molar-refractivity contribution is 0.673. The van der Waals surface area contributed by atoms with Crippen LogP contribution in [0.25, 0.3) is 71.8 Å². The Kier molecular flexibility index (Phi) is 7.06. The summed E-state index contributed by atoms with van der Waals surface area (Å²) in [5, 5.41) is 7.08. The molecular formula is C49H35NO. The molecule has 0 radical (unpaired) electrons. The number of anilines is 2. The van der Waals surface area contributed by atoms with Crippen LogP contribution in [0.2, 0.25) is 0 Å². The molecule has 0 spiro atoms. The van der Waals surface area contributed by atoms with Crippen molar-refractivity contribution in [3.8, 4) is 22.3 Å². The molecule has 0 bridgehead atoms. The van der Waals surface area contributed by atoms with E-state index in [4.69, 9.17) is 4.42 Å². The number of hydrogen-bond donors (Lipinski definition) is 0. The van der Waals surface area contributed by atoms with Gasteiger partial charge in [0.1, 0.15) is 11.2 Å². The zero-order chi connectivity index (χ0) is 33.7. The van der Waals surface area contributed by atoms with Crippen LogP contribution in [0.1, 0.15) is 23.1 Å². The van der Waals surface area contributed by atoms with Crippen molar-refractivity contribution in [2.45, 2.75) is 19.4 Å². The topological polar surface area (TPSA) is 16.4 Å². The molecule has 0 unspecified atom stereocenters. The minimum atomic E-state index is 0.689. The van der Waals surface area contributed by atoms with E-state index in [2.05, 4.69) is 181 Å². The molecule has 1 aliphatic rings. The number of allylic oxidation sites excluding steroid dienone is 1. The number of rotatable bonds is 6. The molecule has 2 heteroatoms. The molecule has 10 rings (SSSR count). The summed E-state index contributed by atoms with van der Waals surface area (Å²) in [6.45, 7) is 0.689. The molecule has 0 aliphatic heterocycles. The summed E-state index contributed by atoms with van der Waals surface area (Å²) < 4.78 is 6.82. The van der Waals surface area contributed by atoms with Gasteiger partial charge in [0.05, 0.1) is 0 Å². The lowest BCUT2D eigenvalue weighted by atomic mass is 9.89. The Balaban J connectivity index is 1.11. The molecule has 0 saturated heterocycles. The quantitative estimate of drug-likeness (QED) is 0.178. The maximum Gasteiger partial charge on any atom is 0.143 e. The van der Waals surface area contributed by atoms with Crippen LogP contribution in [-0.2, 0) is 13.0 Å². The van der Waals surface area contributed by atoms with E-state index in [-0.39, 0.29) is 0 Å². The molecule has 0 saturated carbocycles. The average Bonchev–Trinajstić information content (AvgIpc) is 3.60. The zero-order valence-electron chi connectivity index (χ0n) is 28.2. The minimum Gasteiger partial charge on any atom is -0.455 e. The summed E-state index contributed by atoms with van der Waals surface area (Å²) in [4.78, 5) is 2.47. The van der Waals surface area contributed by atoms with Gasteiger partial charge in [0.2, 0.25) is 0 Å². The Morgan fingerprint density at radius 2 is 1.16 bits per heavy atom. The smallest absolute Gasteiger partial charge is 0.143 e. The van der Waals surface area contributed by atoms with Crippen molar-refractivity contribution in [2.24, 2.45) is 0 Å². The Labute approximate surface area is 297 Å². The van der Waals surface area contributed by atoms with Crippen LogP contribution in [0.15, 0.2) is 174 Å². The summed E-state index contributed by atoms with van der Waals surface area (Å²) in [7, 11) is 0. The van der Waals surface area contributed by atoms with Gasteiger partial charge in [-0.2, -0.15) is 0 Å². The van der Waals surface area contributed by atoms with E-state index in [1.807, 2.05) is 0 Å². The summed E-state index contributed by atoms with van der Waals surface area (Å²) in [6, 6.07) is 59.4. The molecule has 0 atom stereocenters. The maximum absolute atomic E-state index is 6.82. The predicted molar refractivity (Wildman–Crippen MR) is 216 cm³/mol. The monoisotopic (exact) mass is 653 g/mol. The van der Waals surface area contributed by atoms with Crippen LogP contribution in [0.4, 0.5) is 11.4 Å². The van der Waals surface area contributed by atoms with Crippen LogP contribution in [0.3, 0.4) is 0 Å². The number of nitrogens with zero attached hydrogens (tertiary/aromatic N) is 1. The molecule has 2 nitrogen and oxygen atoms in total. The number of benzene rings is 8. The number of furan rings is 1. The molecule has 1 heterocycles. The first-order valence-electron chi connectivity index (χ1n) is 17.9. The maximum atomic E-state index is 6.82. The number of fused-ring (bicyclic) bond motifs is 7. The first-order chi connectivity index (χ1) is 25.3. The minimum absolute atomic E-state index is 0.689.